The number of anilines is 1. The van der Waals surface area contributed by atoms with E-state index in [1.165, 1.54) is 6.33 Å². The van der Waals surface area contributed by atoms with Gasteiger partial charge in [-0.1, -0.05) is 25.1 Å². The fraction of sp³-hybridized carbons (Fsp3) is 0.375. The Morgan fingerprint density at radius 1 is 1.03 bits per heavy atom. The summed E-state index contributed by atoms with van der Waals surface area (Å²) in [5.74, 6) is 1.36. The Morgan fingerprint density at radius 2 is 1.81 bits per heavy atom. The van der Waals surface area contributed by atoms with Gasteiger partial charge < -0.3 is 15.4 Å². The topological polar surface area (TPSA) is 82.1 Å². The second-order valence-corrected chi connectivity index (χ2v) is 8.07. The molecule has 1 fully saturated rings. The highest BCUT2D eigenvalue weighted by Gasteiger charge is 2.25. The van der Waals surface area contributed by atoms with Crippen molar-refractivity contribution in [1.29, 1.82) is 0 Å². The molecule has 7 heteroatoms. The van der Waals surface area contributed by atoms with Crippen LogP contribution in [0, 0.1) is 0 Å². The lowest BCUT2D eigenvalue weighted by atomic mass is 10.0. The fourth-order valence-corrected chi connectivity index (χ4v) is 4.56. The highest BCUT2D eigenvalue weighted by molar-refractivity contribution is 6.00. The van der Waals surface area contributed by atoms with Gasteiger partial charge >= 0.3 is 0 Å². The molecule has 1 aliphatic rings. The summed E-state index contributed by atoms with van der Waals surface area (Å²) in [5, 5.41) is 8.15. The highest BCUT2D eigenvalue weighted by Crippen LogP contribution is 2.35. The number of fused-ring (bicyclic) bond motifs is 2. The number of nitrogens with two attached hydrogens (primary N) is 1. The molecule has 31 heavy (non-hydrogen) atoms. The van der Waals surface area contributed by atoms with Crippen molar-refractivity contribution in [3.05, 3.63) is 42.7 Å². The summed E-state index contributed by atoms with van der Waals surface area (Å²) in [6.07, 6.45) is 3.66. The Hall–Kier alpha value is -3.19. The third-order valence-corrected chi connectivity index (χ3v) is 6.26. The molecule has 0 amide bonds. The van der Waals surface area contributed by atoms with Gasteiger partial charge in [0.05, 0.1) is 18.0 Å². The number of ether oxygens (including phenoxy) is 1. The molecule has 1 aliphatic heterocycles. The van der Waals surface area contributed by atoms with Crippen LogP contribution in [0.4, 0.5) is 5.82 Å². The number of benzene rings is 2. The molecular weight excluding hydrogens is 388 g/mol. The molecule has 2 aromatic heterocycles. The largest absolute Gasteiger partial charge is 0.494 e. The number of rotatable bonds is 5. The Kier molecular flexibility index (Phi) is 5.19. The van der Waals surface area contributed by atoms with Gasteiger partial charge in [0.25, 0.3) is 0 Å². The van der Waals surface area contributed by atoms with E-state index in [4.69, 9.17) is 15.6 Å². The zero-order chi connectivity index (χ0) is 21.4. The molecule has 5 rings (SSSR count). The highest BCUT2D eigenvalue weighted by atomic mass is 16.5. The smallest absolute Gasteiger partial charge is 0.164 e. The predicted molar refractivity (Wildman–Crippen MR) is 124 cm³/mol. The summed E-state index contributed by atoms with van der Waals surface area (Å²) in [6, 6.07) is 12.8. The number of hydrogen-bond acceptors (Lipinski definition) is 6. The third-order valence-electron chi connectivity index (χ3n) is 6.26. The van der Waals surface area contributed by atoms with Crippen molar-refractivity contribution in [2.75, 3.05) is 32.0 Å². The van der Waals surface area contributed by atoms with Crippen molar-refractivity contribution >= 4 is 27.6 Å². The van der Waals surface area contributed by atoms with Gasteiger partial charge in [-0.2, -0.15) is 5.10 Å². The molecule has 2 N–H and O–H groups in total. The van der Waals surface area contributed by atoms with Gasteiger partial charge in [-0.25, -0.2) is 14.6 Å². The van der Waals surface area contributed by atoms with E-state index in [-0.39, 0.29) is 0 Å². The lowest BCUT2D eigenvalue weighted by molar-refractivity contribution is 0.190. The average Bonchev–Trinajstić information content (AvgIpc) is 3.20. The van der Waals surface area contributed by atoms with Gasteiger partial charge in [-0.05, 0) is 55.3 Å². The zero-order valence-corrected chi connectivity index (χ0v) is 18.1. The summed E-state index contributed by atoms with van der Waals surface area (Å²) in [5.41, 5.74) is 9.01. The van der Waals surface area contributed by atoms with Crippen LogP contribution in [0.5, 0.6) is 5.75 Å². The third kappa shape index (κ3) is 3.59. The predicted octanol–water partition coefficient (Wildman–Crippen LogP) is 4.28. The molecule has 3 heterocycles. The molecular formula is C24H28N6O. The first-order valence-electron chi connectivity index (χ1n) is 11.1. The van der Waals surface area contributed by atoms with Crippen LogP contribution in [-0.4, -0.2) is 50.9 Å². The van der Waals surface area contributed by atoms with E-state index in [9.17, 15) is 0 Å². The maximum atomic E-state index is 6.32. The maximum Gasteiger partial charge on any atom is 0.164 e. The normalized spacial score (nSPS) is 15.7. The number of piperidine rings is 1. The second-order valence-electron chi connectivity index (χ2n) is 8.07. The molecule has 0 aliphatic carbocycles. The van der Waals surface area contributed by atoms with Crippen molar-refractivity contribution in [3.8, 4) is 17.0 Å². The fourth-order valence-electron chi connectivity index (χ4n) is 4.56. The molecule has 160 valence electrons. The Morgan fingerprint density at radius 3 is 2.58 bits per heavy atom. The van der Waals surface area contributed by atoms with Gasteiger partial charge in [0, 0.05) is 18.7 Å². The van der Waals surface area contributed by atoms with Crippen LogP contribution < -0.4 is 10.5 Å². The van der Waals surface area contributed by atoms with E-state index in [0.29, 0.717) is 18.5 Å². The van der Waals surface area contributed by atoms with Crippen molar-refractivity contribution in [3.63, 3.8) is 0 Å². The minimum atomic E-state index is 0.322. The molecule has 7 nitrogen and oxygen atoms in total. The Balaban J connectivity index is 1.59. The molecule has 0 spiro atoms. The van der Waals surface area contributed by atoms with Crippen molar-refractivity contribution in [2.45, 2.75) is 32.7 Å². The standard InChI is InChI=1S/C24H28N6O/c1-3-29-11-9-19(10-12-29)30-24-21(23(25)26-15-27-24)22(28-30)18-6-5-17-14-20(31-4-2)8-7-16(17)13-18/h5-8,13-15,19H,3-4,9-12H2,1-2H3,(H2,25,26,27). The molecule has 1 saturated heterocycles. The first kappa shape index (κ1) is 19.8. The van der Waals surface area contributed by atoms with E-state index in [2.05, 4.69) is 56.8 Å². The molecule has 0 bridgehead atoms. The maximum absolute atomic E-state index is 6.32. The van der Waals surface area contributed by atoms with Crippen LogP contribution >= 0.6 is 0 Å². The van der Waals surface area contributed by atoms with Crippen LogP contribution in [-0.2, 0) is 0 Å². The van der Waals surface area contributed by atoms with Crippen molar-refractivity contribution in [2.24, 2.45) is 0 Å². The number of nitrogens with zero attached hydrogens (tertiary/aromatic N) is 5. The van der Waals surface area contributed by atoms with Gasteiger partial charge in [-0.3, -0.25) is 0 Å². The van der Waals surface area contributed by atoms with E-state index in [1.807, 2.05) is 13.0 Å². The summed E-state index contributed by atoms with van der Waals surface area (Å²) < 4.78 is 7.72. The van der Waals surface area contributed by atoms with Crippen LogP contribution in [0.3, 0.4) is 0 Å². The Bertz CT molecular complexity index is 1230. The van der Waals surface area contributed by atoms with Crippen LogP contribution in [0.2, 0.25) is 0 Å². The minimum absolute atomic E-state index is 0.322. The Labute approximate surface area is 181 Å². The van der Waals surface area contributed by atoms with Crippen LogP contribution in [0.25, 0.3) is 33.1 Å². The second kappa shape index (κ2) is 8.15. The van der Waals surface area contributed by atoms with Crippen molar-refractivity contribution in [1.82, 2.24) is 24.6 Å². The molecule has 2 aromatic carbocycles. The first-order chi connectivity index (χ1) is 15.2. The quantitative estimate of drug-likeness (QED) is 0.523. The van der Waals surface area contributed by atoms with Gasteiger partial charge in [-0.15, -0.1) is 0 Å². The van der Waals surface area contributed by atoms with E-state index < -0.39 is 0 Å². The number of aromatic nitrogens is 4. The number of likely N-dealkylation sites (tertiary alicyclic amines) is 1. The number of hydrogen-bond donors (Lipinski definition) is 1. The van der Waals surface area contributed by atoms with Gasteiger partial charge in [0.15, 0.2) is 5.65 Å². The molecule has 0 atom stereocenters. The van der Waals surface area contributed by atoms with Crippen LogP contribution in [0.15, 0.2) is 42.7 Å². The van der Waals surface area contributed by atoms with Crippen molar-refractivity contribution < 1.29 is 4.74 Å². The molecule has 0 saturated carbocycles. The molecule has 0 radical (unpaired) electrons. The van der Waals surface area contributed by atoms with E-state index >= 15 is 0 Å². The molecule has 0 unspecified atom stereocenters. The summed E-state index contributed by atoms with van der Waals surface area (Å²) in [6.45, 7) is 8.12. The minimum Gasteiger partial charge on any atom is -0.494 e. The lowest BCUT2D eigenvalue weighted by Crippen LogP contribution is -2.34. The zero-order valence-electron chi connectivity index (χ0n) is 18.1. The molecule has 4 aromatic rings. The monoisotopic (exact) mass is 416 g/mol. The first-order valence-corrected chi connectivity index (χ1v) is 11.1. The number of nitrogen functional groups attached to an aromatic ring is 1. The van der Waals surface area contributed by atoms with E-state index in [0.717, 1.165) is 71.3 Å². The SMILES string of the molecule is CCOc1ccc2cc(-c3nn(C4CCN(CC)CC4)c4ncnc(N)c34)ccc2c1. The summed E-state index contributed by atoms with van der Waals surface area (Å²) >= 11 is 0. The lowest BCUT2D eigenvalue weighted by Gasteiger charge is -2.31. The van der Waals surface area contributed by atoms with E-state index in [1.54, 1.807) is 0 Å². The average molecular weight is 417 g/mol. The van der Waals surface area contributed by atoms with Gasteiger partial charge in [0.2, 0.25) is 0 Å². The van der Waals surface area contributed by atoms with Gasteiger partial charge in [0.1, 0.15) is 23.6 Å². The summed E-state index contributed by atoms with van der Waals surface area (Å²) in [4.78, 5) is 11.3. The summed E-state index contributed by atoms with van der Waals surface area (Å²) in [7, 11) is 0. The van der Waals surface area contributed by atoms with Crippen LogP contribution in [0.1, 0.15) is 32.7 Å².